The van der Waals surface area contributed by atoms with Gasteiger partial charge in [-0.15, -0.1) is 0 Å². The smallest absolute Gasteiger partial charge is 0.159 e. The van der Waals surface area contributed by atoms with E-state index in [1.54, 1.807) is 18.6 Å². The first-order valence-corrected chi connectivity index (χ1v) is 5.97. The molecule has 0 aromatic carbocycles. The van der Waals surface area contributed by atoms with Crippen LogP contribution < -0.4 is 11.3 Å². The molecule has 2 rings (SSSR count). The van der Waals surface area contributed by atoms with Gasteiger partial charge in [0.05, 0.1) is 12.4 Å². The molecule has 0 amide bonds. The highest BCUT2D eigenvalue weighted by molar-refractivity contribution is 9.10. The number of hydrogen-bond donors (Lipinski definition) is 2. The lowest BCUT2D eigenvalue weighted by atomic mass is 10.5. The quantitative estimate of drug-likeness (QED) is 0.667. The van der Waals surface area contributed by atoms with Crippen LogP contribution in [-0.4, -0.2) is 15.0 Å². The molecule has 82 valence electrons. The lowest BCUT2D eigenvalue weighted by Gasteiger charge is -2.02. The Hall–Kier alpha value is -1.18. The van der Waals surface area contributed by atoms with Crippen molar-refractivity contribution in [1.29, 1.82) is 0 Å². The summed E-state index contributed by atoms with van der Waals surface area (Å²) < 4.78 is 0.945. The van der Waals surface area contributed by atoms with Crippen LogP contribution in [0.3, 0.4) is 0 Å². The zero-order valence-electron chi connectivity index (χ0n) is 8.09. The monoisotopic (exact) mass is 297 g/mol. The van der Waals surface area contributed by atoms with E-state index in [9.17, 15) is 0 Å². The van der Waals surface area contributed by atoms with Crippen molar-refractivity contribution >= 4 is 33.5 Å². The summed E-state index contributed by atoms with van der Waals surface area (Å²) in [5, 5.41) is 1.59. The Morgan fingerprint density at radius 1 is 1.19 bits per heavy atom. The van der Waals surface area contributed by atoms with Gasteiger partial charge in [0.1, 0.15) is 10.1 Å². The second-order valence-electron chi connectivity index (χ2n) is 2.80. The van der Waals surface area contributed by atoms with E-state index in [1.165, 1.54) is 11.8 Å². The van der Waals surface area contributed by atoms with Gasteiger partial charge in [0.25, 0.3) is 0 Å². The van der Waals surface area contributed by atoms with Crippen molar-refractivity contribution in [1.82, 2.24) is 15.0 Å². The third-order valence-corrected chi connectivity index (χ3v) is 3.00. The molecule has 5 nitrogen and oxygen atoms in total. The number of nitrogens with two attached hydrogens (primary N) is 1. The minimum absolute atomic E-state index is 0.530. The summed E-state index contributed by atoms with van der Waals surface area (Å²) >= 11 is 4.75. The Morgan fingerprint density at radius 3 is 2.75 bits per heavy atom. The van der Waals surface area contributed by atoms with Crippen LogP contribution in [0, 0.1) is 0 Å². The molecule has 0 aliphatic heterocycles. The van der Waals surface area contributed by atoms with Gasteiger partial charge in [-0.3, -0.25) is 4.98 Å². The number of nitrogens with one attached hydrogen (secondary N) is 1. The van der Waals surface area contributed by atoms with Crippen molar-refractivity contribution in [2.45, 2.75) is 10.1 Å². The summed E-state index contributed by atoms with van der Waals surface area (Å²) in [5.74, 6) is 5.78. The van der Waals surface area contributed by atoms with Gasteiger partial charge in [0, 0.05) is 10.7 Å². The van der Waals surface area contributed by atoms with Crippen LogP contribution in [0.15, 0.2) is 45.2 Å². The van der Waals surface area contributed by atoms with Gasteiger partial charge >= 0.3 is 0 Å². The third kappa shape index (κ3) is 2.91. The first-order valence-electron chi connectivity index (χ1n) is 4.36. The molecule has 2 heterocycles. The number of anilines is 1. The minimum atomic E-state index is 0.530. The van der Waals surface area contributed by atoms with Crippen molar-refractivity contribution < 1.29 is 0 Å². The fourth-order valence-electron chi connectivity index (χ4n) is 0.997. The highest BCUT2D eigenvalue weighted by Crippen LogP contribution is 2.24. The molecular weight excluding hydrogens is 290 g/mol. The molecule has 0 unspecified atom stereocenters. The predicted molar refractivity (Wildman–Crippen MR) is 65.9 cm³/mol. The summed E-state index contributed by atoms with van der Waals surface area (Å²) in [6.45, 7) is 0. The molecule has 0 aliphatic carbocycles. The van der Waals surface area contributed by atoms with Crippen molar-refractivity contribution in [3.63, 3.8) is 0 Å². The van der Waals surface area contributed by atoms with Gasteiger partial charge < -0.3 is 5.43 Å². The fraction of sp³-hybridized carbons (Fsp3) is 0. The van der Waals surface area contributed by atoms with Crippen LogP contribution in [-0.2, 0) is 0 Å². The summed E-state index contributed by atoms with van der Waals surface area (Å²) in [4.78, 5) is 12.5. The van der Waals surface area contributed by atoms with E-state index in [2.05, 4.69) is 36.3 Å². The Kier molecular flexibility index (Phi) is 3.70. The molecule has 0 radical (unpaired) electrons. The summed E-state index contributed by atoms with van der Waals surface area (Å²) in [7, 11) is 0. The highest BCUT2D eigenvalue weighted by Gasteiger charge is 2.01. The number of aromatic nitrogens is 3. The number of halogens is 1. The molecule has 2 aromatic heterocycles. The van der Waals surface area contributed by atoms with Crippen LogP contribution in [0.5, 0.6) is 0 Å². The second-order valence-corrected chi connectivity index (χ2v) is 4.76. The van der Waals surface area contributed by atoms with Crippen molar-refractivity contribution in [2.75, 3.05) is 5.43 Å². The topological polar surface area (TPSA) is 76.7 Å². The average molecular weight is 298 g/mol. The Labute approximate surface area is 105 Å². The Bertz CT molecular complexity index is 476. The van der Waals surface area contributed by atoms with Gasteiger partial charge in [-0.2, -0.15) is 0 Å². The molecule has 16 heavy (non-hydrogen) atoms. The highest BCUT2D eigenvalue weighted by atomic mass is 79.9. The molecule has 0 atom stereocenters. The molecule has 0 fully saturated rings. The van der Waals surface area contributed by atoms with E-state index < -0.39 is 0 Å². The molecular formula is C9H8BrN5S. The number of pyridine rings is 1. The maximum absolute atomic E-state index is 5.25. The zero-order valence-corrected chi connectivity index (χ0v) is 10.5. The molecule has 2 aromatic rings. The first kappa shape index (κ1) is 11.3. The lowest BCUT2D eigenvalue weighted by Crippen LogP contribution is -2.08. The SMILES string of the molecule is NNc1cncc(Sc2ccc(Br)cn2)n1. The van der Waals surface area contributed by atoms with Crippen LogP contribution in [0.25, 0.3) is 0 Å². The third-order valence-electron chi connectivity index (χ3n) is 1.67. The molecule has 0 spiro atoms. The summed E-state index contributed by atoms with van der Waals surface area (Å²) in [6.07, 6.45) is 4.95. The number of rotatable bonds is 3. The van der Waals surface area contributed by atoms with Crippen molar-refractivity contribution in [2.24, 2.45) is 5.84 Å². The molecule has 0 saturated carbocycles. The van der Waals surface area contributed by atoms with E-state index in [1.807, 2.05) is 12.1 Å². The number of nitrogen functional groups attached to an aromatic ring is 1. The number of hydrogen-bond acceptors (Lipinski definition) is 6. The summed E-state index contributed by atoms with van der Waals surface area (Å²) in [5.41, 5.74) is 2.45. The fourth-order valence-corrected chi connectivity index (χ4v) is 1.94. The second kappa shape index (κ2) is 5.24. The molecule has 0 aliphatic rings. The maximum Gasteiger partial charge on any atom is 0.159 e. The zero-order chi connectivity index (χ0) is 11.4. The number of hydrazine groups is 1. The van der Waals surface area contributed by atoms with Gasteiger partial charge in [-0.05, 0) is 39.8 Å². The van der Waals surface area contributed by atoms with Gasteiger partial charge in [-0.1, -0.05) is 0 Å². The van der Waals surface area contributed by atoms with Gasteiger partial charge in [0.2, 0.25) is 0 Å². The molecule has 0 bridgehead atoms. The normalized spacial score (nSPS) is 10.1. The Morgan fingerprint density at radius 2 is 2.06 bits per heavy atom. The minimum Gasteiger partial charge on any atom is -0.307 e. The van der Waals surface area contributed by atoms with Crippen LogP contribution in [0.1, 0.15) is 0 Å². The maximum atomic E-state index is 5.25. The average Bonchev–Trinajstić information content (AvgIpc) is 2.32. The summed E-state index contributed by atoms with van der Waals surface area (Å²) in [6, 6.07) is 3.83. The predicted octanol–water partition coefficient (Wildman–Crippen LogP) is 2.07. The van der Waals surface area contributed by atoms with Gasteiger partial charge in [0.15, 0.2) is 5.82 Å². The van der Waals surface area contributed by atoms with E-state index in [0.29, 0.717) is 5.82 Å². The van der Waals surface area contributed by atoms with Crippen LogP contribution in [0.4, 0.5) is 5.82 Å². The molecule has 0 saturated heterocycles. The standard InChI is InChI=1S/C9H8BrN5S/c10-6-1-2-8(13-3-6)16-9-5-12-4-7(14-9)15-11/h1-5H,11H2,(H,14,15). The van der Waals surface area contributed by atoms with Crippen LogP contribution >= 0.6 is 27.7 Å². The van der Waals surface area contributed by atoms with Crippen LogP contribution in [0.2, 0.25) is 0 Å². The lowest BCUT2D eigenvalue weighted by molar-refractivity contribution is 1.03. The van der Waals surface area contributed by atoms with Crippen molar-refractivity contribution in [3.8, 4) is 0 Å². The van der Waals surface area contributed by atoms with Crippen molar-refractivity contribution in [3.05, 3.63) is 35.2 Å². The van der Waals surface area contributed by atoms with Gasteiger partial charge in [-0.25, -0.2) is 15.8 Å². The largest absolute Gasteiger partial charge is 0.307 e. The number of nitrogens with zero attached hydrogens (tertiary/aromatic N) is 3. The molecule has 3 N–H and O–H groups in total. The van der Waals surface area contributed by atoms with E-state index >= 15 is 0 Å². The van der Waals surface area contributed by atoms with E-state index in [0.717, 1.165) is 14.5 Å². The Balaban J connectivity index is 2.16. The van der Waals surface area contributed by atoms with E-state index in [4.69, 9.17) is 5.84 Å². The molecule has 7 heteroatoms. The first-order chi connectivity index (χ1) is 7.78. The van der Waals surface area contributed by atoms with E-state index in [-0.39, 0.29) is 0 Å².